The molecule has 20 heteroatoms. The molecule has 12 nitrogen and oxygen atoms in total. The normalized spacial score (nSPS) is 11.7. The summed E-state index contributed by atoms with van der Waals surface area (Å²) >= 11 is 20.2. The van der Waals surface area contributed by atoms with Crippen LogP contribution >= 0.6 is 50.7 Å². The summed E-state index contributed by atoms with van der Waals surface area (Å²) in [5.41, 5.74) is 1.35. The maximum absolute atomic E-state index is 14.3. The molecular weight excluding hydrogens is 895 g/mol. The van der Waals surface area contributed by atoms with Crippen molar-refractivity contribution in [3.8, 4) is 11.3 Å². The van der Waals surface area contributed by atoms with E-state index in [1.54, 1.807) is 25.9 Å². The van der Waals surface area contributed by atoms with Gasteiger partial charge in [-0.2, -0.15) is 33.2 Å². The summed E-state index contributed by atoms with van der Waals surface area (Å²) in [6, 6.07) is 8.17. The topological polar surface area (TPSA) is 136 Å². The van der Waals surface area contributed by atoms with Crippen molar-refractivity contribution in [1.82, 2.24) is 24.7 Å². The second-order valence-corrected chi connectivity index (χ2v) is 14.9. The highest BCUT2D eigenvalue weighted by molar-refractivity contribution is 9.10. The number of halogens is 8. The van der Waals surface area contributed by atoms with Gasteiger partial charge in [0.15, 0.2) is 5.69 Å². The van der Waals surface area contributed by atoms with Gasteiger partial charge in [-0.05, 0) is 106 Å². The van der Waals surface area contributed by atoms with Crippen molar-refractivity contribution in [3.05, 3.63) is 73.3 Å². The first-order valence-corrected chi connectivity index (χ1v) is 20.1. The molecule has 0 aliphatic heterocycles. The molecule has 0 spiro atoms. The third kappa shape index (κ3) is 14.2. The third-order valence-electron chi connectivity index (χ3n) is 7.67. The van der Waals surface area contributed by atoms with Crippen LogP contribution in [-0.4, -0.2) is 80.9 Å². The molecule has 2 N–H and O–H groups in total. The molecule has 0 fully saturated rings. The van der Waals surface area contributed by atoms with E-state index in [0.29, 0.717) is 23.2 Å². The molecule has 0 aliphatic rings. The number of rotatable bonds is 13. The maximum Gasteiger partial charge on any atom is 0.434 e. The SMILES string of the molecule is CC(C)OC(=O)c1cc(-c2nn(C)c(C(F)(F)F)c2Br)c(F)cc1Cl.CCNc1nc(Cl)nc(NC(C)C)n1.CCc1cccc(C)c1N(C(=O)CCl)C(C)COC. The minimum Gasteiger partial charge on any atom is -0.459 e. The summed E-state index contributed by atoms with van der Waals surface area (Å²) in [4.78, 5) is 38.0. The Bertz CT molecular complexity index is 2000. The molecule has 0 saturated heterocycles. The number of methoxy groups -OCH3 is 1. The Morgan fingerprint density at radius 3 is 2.19 bits per heavy atom. The van der Waals surface area contributed by atoms with Crippen LogP contribution in [0.1, 0.15) is 75.6 Å². The fourth-order valence-corrected chi connectivity index (χ4v) is 6.66. The summed E-state index contributed by atoms with van der Waals surface area (Å²) in [6.07, 6.45) is -4.26. The summed E-state index contributed by atoms with van der Waals surface area (Å²) < 4.78 is 63.8. The van der Waals surface area contributed by atoms with E-state index in [1.165, 1.54) is 0 Å². The lowest BCUT2D eigenvalue weighted by atomic mass is 10.0. The highest BCUT2D eigenvalue weighted by Gasteiger charge is 2.39. The number of para-hydroxylation sites is 1. The van der Waals surface area contributed by atoms with Crippen molar-refractivity contribution in [2.75, 3.05) is 41.7 Å². The zero-order valence-electron chi connectivity index (χ0n) is 33.8. The molecule has 4 aromatic rings. The van der Waals surface area contributed by atoms with Crippen LogP contribution in [0.25, 0.3) is 11.3 Å². The zero-order chi connectivity index (χ0) is 44.1. The largest absolute Gasteiger partial charge is 0.459 e. The number of amides is 1. The number of anilines is 3. The van der Waals surface area contributed by atoms with E-state index in [0.717, 1.165) is 49.0 Å². The fourth-order valence-electron chi connectivity index (χ4n) is 5.37. The number of aryl methyl sites for hydroxylation is 3. The van der Waals surface area contributed by atoms with Gasteiger partial charge in [0.1, 0.15) is 17.4 Å². The van der Waals surface area contributed by atoms with Crippen LogP contribution in [-0.2, 0) is 33.9 Å². The second kappa shape index (κ2) is 23.1. The zero-order valence-corrected chi connectivity index (χ0v) is 37.6. The molecule has 0 bridgehead atoms. The molecule has 1 amide bonds. The lowest BCUT2D eigenvalue weighted by Crippen LogP contribution is -2.43. The first-order chi connectivity index (χ1) is 27.1. The van der Waals surface area contributed by atoms with Crippen LogP contribution < -0.4 is 15.5 Å². The van der Waals surface area contributed by atoms with E-state index in [9.17, 15) is 27.2 Å². The van der Waals surface area contributed by atoms with Gasteiger partial charge in [-0.15, -0.1) is 11.6 Å². The van der Waals surface area contributed by atoms with Gasteiger partial charge in [0.2, 0.25) is 23.1 Å². The monoisotopic (exact) mass is 940 g/mol. The van der Waals surface area contributed by atoms with E-state index in [2.05, 4.69) is 59.6 Å². The number of hydrogen-bond donors (Lipinski definition) is 2. The predicted octanol–water partition coefficient (Wildman–Crippen LogP) is 10.2. The van der Waals surface area contributed by atoms with E-state index in [1.807, 2.05) is 46.8 Å². The average molecular weight is 943 g/mol. The molecule has 1 unspecified atom stereocenters. The van der Waals surface area contributed by atoms with E-state index in [-0.39, 0.29) is 51.0 Å². The predicted molar refractivity (Wildman–Crippen MR) is 225 cm³/mol. The van der Waals surface area contributed by atoms with Gasteiger partial charge in [0.05, 0.1) is 39.5 Å². The van der Waals surface area contributed by atoms with Crippen molar-refractivity contribution in [2.45, 2.75) is 86.2 Å². The average Bonchev–Trinajstić information content (AvgIpc) is 3.42. The first-order valence-electron chi connectivity index (χ1n) is 18.0. The van der Waals surface area contributed by atoms with Crippen LogP contribution in [0, 0.1) is 12.7 Å². The van der Waals surface area contributed by atoms with E-state index >= 15 is 0 Å². The van der Waals surface area contributed by atoms with Gasteiger partial charge in [0.25, 0.3) is 0 Å². The number of benzene rings is 2. The molecule has 58 heavy (non-hydrogen) atoms. The summed E-state index contributed by atoms with van der Waals surface area (Å²) in [7, 11) is 2.72. The second-order valence-electron chi connectivity index (χ2n) is 13.1. The number of carbonyl (C=O) groups is 2. The number of nitrogens with one attached hydrogen (secondary N) is 2. The van der Waals surface area contributed by atoms with Crippen molar-refractivity contribution in [2.24, 2.45) is 7.05 Å². The molecule has 320 valence electrons. The van der Waals surface area contributed by atoms with Crippen LogP contribution in [0.3, 0.4) is 0 Å². The van der Waals surface area contributed by atoms with Gasteiger partial charge in [-0.25, -0.2) is 9.18 Å². The Morgan fingerprint density at radius 2 is 1.67 bits per heavy atom. The maximum atomic E-state index is 14.3. The number of aromatic nitrogens is 5. The Kier molecular flexibility index (Phi) is 20.1. The highest BCUT2D eigenvalue weighted by Crippen LogP contribution is 2.41. The van der Waals surface area contributed by atoms with Crippen LogP contribution in [0.5, 0.6) is 0 Å². The van der Waals surface area contributed by atoms with Crippen LogP contribution in [0.4, 0.5) is 35.1 Å². The summed E-state index contributed by atoms with van der Waals surface area (Å²) in [5.74, 6) is -0.851. The van der Waals surface area contributed by atoms with E-state index in [4.69, 9.17) is 44.3 Å². The Balaban J connectivity index is 0.000000313. The first kappa shape index (κ1) is 50.4. The third-order valence-corrected chi connectivity index (χ3v) is 9.13. The van der Waals surface area contributed by atoms with Crippen molar-refractivity contribution in [1.29, 1.82) is 0 Å². The fraction of sp³-hybridized carbons (Fsp3) is 0.474. The quantitative estimate of drug-likeness (QED) is 0.0757. The van der Waals surface area contributed by atoms with Gasteiger partial charge in [-0.1, -0.05) is 36.7 Å². The summed E-state index contributed by atoms with van der Waals surface area (Å²) in [5, 5.41) is 9.73. The highest BCUT2D eigenvalue weighted by atomic mass is 79.9. The Hall–Kier alpha value is -3.77. The molecule has 2 aromatic heterocycles. The molecule has 2 aromatic carbocycles. The molecule has 2 heterocycles. The lowest BCUT2D eigenvalue weighted by Gasteiger charge is -2.31. The smallest absolute Gasteiger partial charge is 0.434 e. The Labute approximate surface area is 359 Å². The summed E-state index contributed by atoms with van der Waals surface area (Å²) in [6.45, 7) is 16.5. The minimum absolute atomic E-state index is 0.0223. The number of hydrogen-bond acceptors (Lipinski definition) is 10. The molecular formula is C38H48BrCl3F4N8O4. The molecule has 1 atom stereocenters. The molecule has 0 radical (unpaired) electrons. The number of nitrogens with zero attached hydrogens (tertiary/aromatic N) is 6. The molecule has 0 aliphatic carbocycles. The van der Waals surface area contributed by atoms with Crippen molar-refractivity contribution >= 4 is 80.2 Å². The standard InChI is InChI=1S/C15H12BrClF4N2O2.C15H22ClNO2.C8H14ClN5/c1-6(2)25-14(24)7-4-8(10(18)5-9(7)17)12-11(16)13(15(19,20)21)23(3)22-12;1-5-13-8-6-7-11(2)15(13)17(14(18)9-16)12(3)10-19-4;1-4-10-7-12-6(9)13-8(14-7)11-5(2)3/h4-6H,1-3H3;6-8,12H,5,9-10H2,1-4H3;5H,4H2,1-3H3,(H2,10,11,12,13,14). The molecule has 4 rings (SSSR count). The van der Waals surface area contributed by atoms with E-state index < -0.39 is 34.2 Å². The van der Waals surface area contributed by atoms with Gasteiger partial charge in [0, 0.05) is 32.3 Å². The lowest BCUT2D eigenvalue weighted by molar-refractivity contribution is -0.144. The van der Waals surface area contributed by atoms with Crippen LogP contribution in [0.2, 0.25) is 10.3 Å². The number of ether oxygens (including phenoxy) is 2. The number of carbonyl (C=O) groups excluding carboxylic acids is 2. The number of alkyl halides is 4. The minimum atomic E-state index is -4.69. The molecule has 0 saturated carbocycles. The number of esters is 1. The van der Waals surface area contributed by atoms with Crippen molar-refractivity contribution in [3.63, 3.8) is 0 Å². The Morgan fingerprint density at radius 1 is 1.03 bits per heavy atom. The van der Waals surface area contributed by atoms with Gasteiger partial charge in [-0.3, -0.25) is 9.48 Å². The van der Waals surface area contributed by atoms with Crippen LogP contribution in [0.15, 0.2) is 34.8 Å². The van der Waals surface area contributed by atoms with Gasteiger partial charge >= 0.3 is 12.1 Å². The van der Waals surface area contributed by atoms with Gasteiger partial charge < -0.3 is 25.0 Å². The van der Waals surface area contributed by atoms with Crippen molar-refractivity contribution < 1.29 is 36.6 Å².